The quantitative estimate of drug-likeness (QED) is 0.813. The van der Waals surface area contributed by atoms with E-state index in [0.717, 1.165) is 0 Å². The molecule has 0 aliphatic carbocycles. The molecule has 0 aliphatic heterocycles. The Kier molecular flexibility index (Phi) is 4.24. The Morgan fingerprint density at radius 2 is 1.94 bits per heavy atom. The van der Waals surface area contributed by atoms with Gasteiger partial charge in [-0.05, 0) is 18.2 Å². The zero-order valence-corrected chi connectivity index (χ0v) is 12.0. The highest BCUT2D eigenvalue weighted by Gasteiger charge is 2.22. The zero-order valence-electron chi connectivity index (χ0n) is 10.4. The summed E-state index contributed by atoms with van der Waals surface area (Å²) in [5.74, 6) is 1.07. The number of benzene rings is 1. The number of anilines is 1. The minimum absolute atomic E-state index is 0. The van der Waals surface area contributed by atoms with Gasteiger partial charge in [0.15, 0.2) is 5.82 Å². The maximum atomic E-state index is 6.08. The molecule has 0 atom stereocenters. The molecule has 0 bridgehead atoms. The summed E-state index contributed by atoms with van der Waals surface area (Å²) in [7, 11) is 0. The van der Waals surface area contributed by atoms with Crippen LogP contribution in [0.1, 0.15) is 26.6 Å². The second-order valence-corrected chi connectivity index (χ2v) is 5.32. The van der Waals surface area contributed by atoms with Gasteiger partial charge in [0.05, 0.1) is 10.6 Å². The van der Waals surface area contributed by atoms with Gasteiger partial charge in [-0.1, -0.05) is 37.5 Å². The first-order valence-electron chi connectivity index (χ1n) is 5.27. The van der Waals surface area contributed by atoms with Gasteiger partial charge in [-0.15, -0.1) is 12.4 Å². The van der Waals surface area contributed by atoms with Crippen molar-refractivity contribution in [3.05, 3.63) is 29.0 Å². The number of nitrogens with two attached hydrogens (primary N) is 1. The van der Waals surface area contributed by atoms with Crippen LogP contribution in [0.4, 0.5) is 5.69 Å². The molecule has 98 valence electrons. The Morgan fingerprint density at radius 3 is 2.44 bits per heavy atom. The zero-order chi connectivity index (χ0) is 12.6. The second-order valence-electron chi connectivity index (χ2n) is 4.91. The van der Waals surface area contributed by atoms with Gasteiger partial charge < -0.3 is 10.3 Å². The van der Waals surface area contributed by atoms with Crippen molar-refractivity contribution >= 4 is 29.7 Å². The van der Waals surface area contributed by atoms with Crippen LogP contribution in [-0.4, -0.2) is 10.1 Å². The summed E-state index contributed by atoms with van der Waals surface area (Å²) < 4.78 is 5.21. The fraction of sp³-hybridized carbons (Fsp3) is 0.333. The molecule has 2 aromatic rings. The lowest BCUT2D eigenvalue weighted by Gasteiger charge is -2.10. The summed E-state index contributed by atoms with van der Waals surface area (Å²) in [6.45, 7) is 6.06. The molecule has 0 spiro atoms. The summed E-state index contributed by atoms with van der Waals surface area (Å²) in [6.07, 6.45) is 0. The molecule has 2 N–H and O–H groups in total. The van der Waals surface area contributed by atoms with Crippen molar-refractivity contribution in [1.82, 2.24) is 10.1 Å². The molecule has 0 fully saturated rings. The minimum Gasteiger partial charge on any atom is -0.399 e. The van der Waals surface area contributed by atoms with E-state index in [-0.39, 0.29) is 17.8 Å². The molecule has 0 aliphatic rings. The standard InChI is InChI=1S/C12H14ClN3O.ClH/c1-12(2,3)11-15-10(17-16-11)8-5-4-7(14)6-9(8)13;/h4-6H,14H2,1-3H3;1H. The molecule has 1 heterocycles. The van der Waals surface area contributed by atoms with Crippen molar-refractivity contribution in [2.75, 3.05) is 5.73 Å². The summed E-state index contributed by atoms with van der Waals surface area (Å²) in [5.41, 5.74) is 6.78. The van der Waals surface area contributed by atoms with Crippen LogP contribution < -0.4 is 5.73 Å². The average Bonchev–Trinajstić information content (AvgIpc) is 2.65. The molecule has 1 aromatic carbocycles. The van der Waals surface area contributed by atoms with Crippen LogP contribution in [0.25, 0.3) is 11.5 Å². The van der Waals surface area contributed by atoms with Crippen LogP contribution in [0, 0.1) is 0 Å². The first-order valence-corrected chi connectivity index (χ1v) is 5.65. The lowest BCUT2D eigenvalue weighted by Crippen LogP contribution is -2.13. The summed E-state index contributed by atoms with van der Waals surface area (Å²) >= 11 is 6.08. The lowest BCUT2D eigenvalue weighted by atomic mass is 9.96. The number of aromatic nitrogens is 2. The first-order chi connectivity index (χ1) is 7.88. The maximum Gasteiger partial charge on any atom is 0.259 e. The molecule has 2 rings (SSSR count). The fourth-order valence-electron chi connectivity index (χ4n) is 1.34. The number of nitrogens with zero attached hydrogens (tertiary/aromatic N) is 2. The van der Waals surface area contributed by atoms with Gasteiger partial charge in [0.2, 0.25) is 0 Å². The van der Waals surface area contributed by atoms with Gasteiger partial charge in [0.25, 0.3) is 5.89 Å². The predicted molar refractivity (Wildman–Crippen MR) is 75.1 cm³/mol. The molecule has 0 saturated heterocycles. The van der Waals surface area contributed by atoms with E-state index < -0.39 is 0 Å². The summed E-state index contributed by atoms with van der Waals surface area (Å²) in [5, 5.41) is 4.46. The molecule has 18 heavy (non-hydrogen) atoms. The largest absolute Gasteiger partial charge is 0.399 e. The van der Waals surface area contributed by atoms with Crippen LogP contribution >= 0.6 is 24.0 Å². The van der Waals surface area contributed by atoms with Gasteiger partial charge in [-0.3, -0.25) is 0 Å². The monoisotopic (exact) mass is 287 g/mol. The summed E-state index contributed by atoms with van der Waals surface area (Å²) in [4.78, 5) is 4.34. The molecule has 1 aromatic heterocycles. The van der Waals surface area contributed by atoms with Crippen molar-refractivity contribution in [1.29, 1.82) is 0 Å². The Morgan fingerprint density at radius 1 is 1.28 bits per heavy atom. The Bertz CT molecular complexity index is 546. The number of halogens is 2. The number of nitrogen functional groups attached to an aromatic ring is 1. The third kappa shape index (κ3) is 2.94. The third-order valence-corrected chi connectivity index (χ3v) is 2.63. The number of hydrogen-bond acceptors (Lipinski definition) is 4. The van der Waals surface area contributed by atoms with E-state index in [4.69, 9.17) is 21.9 Å². The normalized spacial score (nSPS) is 11.1. The second kappa shape index (κ2) is 5.16. The SMILES string of the molecule is CC(C)(C)c1noc(-c2ccc(N)cc2Cl)n1.Cl. The van der Waals surface area contributed by atoms with Gasteiger partial charge in [0.1, 0.15) is 0 Å². The van der Waals surface area contributed by atoms with Gasteiger partial charge in [-0.25, -0.2) is 0 Å². The smallest absolute Gasteiger partial charge is 0.259 e. The van der Waals surface area contributed by atoms with Crippen LogP contribution in [0.15, 0.2) is 22.7 Å². The van der Waals surface area contributed by atoms with Crippen molar-refractivity contribution in [3.63, 3.8) is 0 Å². The highest BCUT2D eigenvalue weighted by Crippen LogP contribution is 2.30. The molecule has 0 amide bonds. The van der Waals surface area contributed by atoms with Crippen LogP contribution in [0.3, 0.4) is 0 Å². The topological polar surface area (TPSA) is 64.9 Å². The van der Waals surface area contributed by atoms with Crippen LogP contribution in [-0.2, 0) is 5.41 Å². The van der Waals surface area contributed by atoms with Gasteiger partial charge in [-0.2, -0.15) is 4.98 Å². The lowest BCUT2D eigenvalue weighted by molar-refractivity contribution is 0.402. The first kappa shape index (κ1) is 14.8. The van der Waals surface area contributed by atoms with Crippen molar-refractivity contribution < 1.29 is 4.52 Å². The predicted octanol–water partition coefficient (Wildman–Crippen LogP) is 3.69. The van der Waals surface area contributed by atoms with Crippen molar-refractivity contribution in [3.8, 4) is 11.5 Å². The summed E-state index contributed by atoms with van der Waals surface area (Å²) in [6, 6.07) is 5.19. The number of rotatable bonds is 1. The Labute approximate surface area is 117 Å². The van der Waals surface area contributed by atoms with E-state index >= 15 is 0 Å². The van der Waals surface area contributed by atoms with Gasteiger partial charge in [0, 0.05) is 11.1 Å². The van der Waals surface area contributed by atoms with Gasteiger partial charge >= 0.3 is 0 Å². The molecule has 4 nitrogen and oxygen atoms in total. The van der Waals surface area contributed by atoms with E-state index in [0.29, 0.717) is 28.0 Å². The average molecular weight is 288 g/mol. The van der Waals surface area contributed by atoms with E-state index in [1.165, 1.54) is 0 Å². The Hall–Kier alpha value is -1.26. The molecule has 0 saturated carbocycles. The molecular formula is C12H15Cl2N3O. The van der Waals surface area contributed by atoms with E-state index in [1.54, 1.807) is 18.2 Å². The minimum atomic E-state index is -0.151. The molecule has 6 heteroatoms. The van der Waals surface area contributed by atoms with E-state index in [1.807, 2.05) is 20.8 Å². The fourth-order valence-corrected chi connectivity index (χ4v) is 1.61. The van der Waals surface area contributed by atoms with Crippen LogP contribution in [0.2, 0.25) is 5.02 Å². The van der Waals surface area contributed by atoms with E-state index in [9.17, 15) is 0 Å². The van der Waals surface area contributed by atoms with Crippen molar-refractivity contribution in [2.45, 2.75) is 26.2 Å². The Balaban J connectivity index is 0.00000162. The highest BCUT2D eigenvalue weighted by molar-refractivity contribution is 6.33. The molecule has 0 radical (unpaired) electrons. The molecule has 0 unspecified atom stereocenters. The van der Waals surface area contributed by atoms with E-state index in [2.05, 4.69) is 10.1 Å². The van der Waals surface area contributed by atoms with Crippen molar-refractivity contribution in [2.24, 2.45) is 0 Å². The maximum absolute atomic E-state index is 6.08. The van der Waals surface area contributed by atoms with Crippen LogP contribution in [0.5, 0.6) is 0 Å². The number of hydrogen-bond donors (Lipinski definition) is 1. The third-order valence-electron chi connectivity index (χ3n) is 2.32. The highest BCUT2D eigenvalue weighted by atomic mass is 35.5. The molecular weight excluding hydrogens is 273 g/mol.